The van der Waals surface area contributed by atoms with Crippen LogP contribution >= 0.6 is 0 Å². The number of rotatable bonds is 6. The van der Waals surface area contributed by atoms with Crippen molar-refractivity contribution in [2.24, 2.45) is 5.92 Å². The highest BCUT2D eigenvalue weighted by Gasteiger charge is 2.28. The van der Waals surface area contributed by atoms with E-state index in [1.165, 1.54) is 13.0 Å². The molecule has 0 bridgehead atoms. The summed E-state index contributed by atoms with van der Waals surface area (Å²) in [4.78, 5) is 36.4. The number of benzene rings is 1. The Morgan fingerprint density at radius 2 is 2.08 bits per heavy atom. The Labute approximate surface area is 152 Å². The standard InChI is InChI=1S/C18H24N4O4/c1-12(23)19-10-13-3-2-8-21(11-13)16-7-4-14(9-17(16)22(25)26)18(24)20-15-5-6-15/h4,7,9,13,15H,2-3,5-6,8,10-11H2,1H3,(H,19,23)(H,20,24). The predicted octanol–water partition coefficient (Wildman–Crippen LogP) is 1.84. The molecule has 1 atom stereocenters. The van der Waals surface area contributed by atoms with Gasteiger partial charge < -0.3 is 15.5 Å². The fraction of sp³-hybridized carbons (Fsp3) is 0.556. The van der Waals surface area contributed by atoms with Crippen molar-refractivity contribution >= 4 is 23.2 Å². The number of nitro groups is 1. The Hall–Kier alpha value is -2.64. The first-order valence-electron chi connectivity index (χ1n) is 9.02. The van der Waals surface area contributed by atoms with Crippen LogP contribution in [-0.2, 0) is 4.79 Å². The average molecular weight is 360 g/mol. The highest BCUT2D eigenvalue weighted by atomic mass is 16.6. The maximum Gasteiger partial charge on any atom is 0.293 e. The number of carbonyl (C=O) groups excluding carboxylic acids is 2. The van der Waals surface area contributed by atoms with Crippen LogP contribution in [-0.4, -0.2) is 42.4 Å². The van der Waals surface area contributed by atoms with E-state index < -0.39 is 4.92 Å². The molecule has 1 saturated heterocycles. The molecule has 2 fully saturated rings. The van der Waals surface area contributed by atoms with Gasteiger partial charge in [-0.1, -0.05) is 0 Å². The molecule has 0 radical (unpaired) electrons. The van der Waals surface area contributed by atoms with Gasteiger partial charge in [-0.2, -0.15) is 0 Å². The summed E-state index contributed by atoms with van der Waals surface area (Å²) >= 11 is 0. The molecule has 3 rings (SSSR count). The van der Waals surface area contributed by atoms with Crippen molar-refractivity contribution in [2.45, 2.75) is 38.6 Å². The molecule has 2 N–H and O–H groups in total. The van der Waals surface area contributed by atoms with E-state index in [9.17, 15) is 19.7 Å². The van der Waals surface area contributed by atoms with E-state index in [1.807, 2.05) is 4.90 Å². The van der Waals surface area contributed by atoms with E-state index in [2.05, 4.69) is 10.6 Å². The lowest BCUT2D eigenvalue weighted by Crippen LogP contribution is -2.40. The summed E-state index contributed by atoms with van der Waals surface area (Å²) in [5.41, 5.74) is 0.804. The highest BCUT2D eigenvalue weighted by molar-refractivity contribution is 5.96. The maximum atomic E-state index is 12.2. The minimum atomic E-state index is -0.430. The van der Waals surface area contributed by atoms with Crippen molar-refractivity contribution in [3.05, 3.63) is 33.9 Å². The molecule has 0 spiro atoms. The van der Waals surface area contributed by atoms with Gasteiger partial charge in [0.05, 0.1) is 4.92 Å². The summed E-state index contributed by atoms with van der Waals surface area (Å²) in [6, 6.07) is 4.89. The quantitative estimate of drug-likeness (QED) is 0.595. The summed E-state index contributed by atoms with van der Waals surface area (Å²) in [6.45, 7) is 3.43. The normalized spacial score (nSPS) is 19.7. The van der Waals surface area contributed by atoms with E-state index in [1.54, 1.807) is 12.1 Å². The molecule has 8 nitrogen and oxygen atoms in total. The molecule has 1 aliphatic heterocycles. The molecule has 1 unspecified atom stereocenters. The Kier molecular flexibility index (Phi) is 5.39. The number of nitrogens with one attached hydrogen (secondary N) is 2. The van der Waals surface area contributed by atoms with Gasteiger partial charge in [-0.05, 0) is 43.7 Å². The smallest absolute Gasteiger partial charge is 0.293 e. The summed E-state index contributed by atoms with van der Waals surface area (Å²) in [5.74, 6) is -0.0754. The van der Waals surface area contributed by atoms with Gasteiger partial charge in [-0.15, -0.1) is 0 Å². The molecular weight excluding hydrogens is 336 g/mol. The van der Waals surface area contributed by atoms with Crippen LogP contribution in [0.25, 0.3) is 0 Å². The van der Waals surface area contributed by atoms with Gasteiger partial charge in [0.15, 0.2) is 0 Å². The van der Waals surface area contributed by atoms with Crippen molar-refractivity contribution in [3.63, 3.8) is 0 Å². The topological polar surface area (TPSA) is 105 Å². The molecule has 1 saturated carbocycles. The molecule has 1 heterocycles. The Balaban J connectivity index is 1.76. The van der Waals surface area contributed by atoms with Gasteiger partial charge in [-0.25, -0.2) is 0 Å². The third kappa shape index (κ3) is 4.50. The minimum absolute atomic E-state index is 0.0476. The molecular formula is C18H24N4O4. The number of hydrogen-bond acceptors (Lipinski definition) is 5. The summed E-state index contributed by atoms with van der Waals surface area (Å²) in [6.07, 6.45) is 3.82. The van der Waals surface area contributed by atoms with Crippen LogP contribution in [0.1, 0.15) is 43.0 Å². The first-order chi connectivity index (χ1) is 12.4. The Morgan fingerprint density at radius 3 is 2.73 bits per heavy atom. The van der Waals surface area contributed by atoms with Crippen LogP contribution in [0.3, 0.4) is 0 Å². The first kappa shape index (κ1) is 18.2. The van der Waals surface area contributed by atoms with E-state index in [0.29, 0.717) is 24.3 Å². The molecule has 26 heavy (non-hydrogen) atoms. The molecule has 140 valence electrons. The lowest BCUT2D eigenvalue weighted by Gasteiger charge is -2.34. The minimum Gasteiger partial charge on any atom is -0.366 e. The van der Waals surface area contributed by atoms with E-state index in [0.717, 1.165) is 32.2 Å². The monoisotopic (exact) mass is 360 g/mol. The van der Waals surface area contributed by atoms with Crippen LogP contribution in [0.2, 0.25) is 0 Å². The van der Waals surface area contributed by atoms with Crippen molar-refractivity contribution < 1.29 is 14.5 Å². The summed E-state index contributed by atoms with van der Waals surface area (Å²) in [7, 11) is 0. The lowest BCUT2D eigenvalue weighted by molar-refractivity contribution is -0.384. The number of amides is 2. The predicted molar refractivity (Wildman–Crippen MR) is 97.2 cm³/mol. The van der Waals surface area contributed by atoms with Crippen LogP contribution < -0.4 is 15.5 Å². The Bertz CT molecular complexity index is 717. The second-order valence-electron chi connectivity index (χ2n) is 7.10. The van der Waals surface area contributed by atoms with E-state index in [-0.39, 0.29) is 29.5 Å². The van der Waals surface area contributed by atoms with Crippen LogP contribution in [0.15, 0.2) is 18.2 Å². The Morgan fingerprint density at radius 1 is 1.31 bits per heavy atom. The van der Waals surface area contributed by atoms with Crippen LogP contribution in [0, 0.1) is 16.0 Å². The van der Waals surface area contributed by atoms with Crippen LogP contribution in [0.5, 0.6) is 0 Å². The fourth-order valence-electron chi connectivity index (χ4n) is 3.31. The van der Waals surface area contributed by atoms with Gasteiger partial charge in [0.25, 0.3) is 11.6 Å². The molecule has 2 amide bonds. The summed E-state index contributed by atoms with van der Waals surface area (Å²) in [5, 5.41) is 17.2. The zero-order valence-corrected chi connectivity index (χ0v) is 14.9. The van der Waals surface area contributed by atoms with Crippen molar-refractivity contribution in [1.29, 1.82) is 0 Å². The molecule has 1 aromatic rings. The summed E-state index contributed by atoms with van der Waals surface area (Å²) < 4.78 is 0. The SMILES string of the molecule is CC(=O)NCC1CCCN(c2ccc(C(=O)NC3CC3)cc2[N+](=O)[O-])C1. The lowest BCUT2D eigenvalue weighted by atomic mass is 9.97. The van der Waals surface area contributed by atoms with E-state index in [4.69, 9.17) is 0 Å². The molecule has 8 heteroatoms. The van der Waals surface area contributed by atoms with Crippen molar-refractivity contribution in [2.75, 3.05) is 24.5 Å². The molecule has 1 aliphatic carbocycles. The average Bonchev–Trinajstić information content (AvgIpc) is 3.43. The van der Waals surface area contributed by atoms with Crippen molar-refractivity contribution in [3.8, 4) is 0 Å². The second-order valence-corrected chi connectivity index (χ2v) is 7.10. The van der Waals surface area contributed by atoms with Gasteiger partial charge in [0, 0.05) is 44.2 Å². The van der Waals surface area contributed by atoms with Gasteiger partial charge in [-0.3, -0.25) is 19.7 Å². The maximum absolute atomic E-state index is 12.2. The van der Waals surface area contributed by atoms with Gasteiger partial charge in [0.2, 0.25) is 5.91 Å². The number of nitrogens with zero attached hydrogens (tertiary/aromatic N) is 2. The highest BCUT2D eigenvalue weighted by Crippen LogP contribution is 2.32. The largest absolute Gasteiger partial charge is 0.366 e. The third-order valence-corrected chi connectivity index (χ3v) is 4.85. The number of carbonyl (C=O) groups is 2. The van der Waals surface area contributed by atoms with E-state index >= 15 is 0 Å². The second kappa shape index (κ2) is 7.72. The number of piperidine rings is 1. The van der Waals surface area contributed by atoms with Gasteiger partial charge >= 0.3 is 0 Å². The third-order valence-electron chi connectivity index (χ3n) is 4.85. The molecule has 2 aliphatic rings. The first-order valence-corrected chi connectivity index (χ1v) is 9.02. The fourth-order valence-corrected chi connectivity index (χ4v) is 3.31. The van der Waals surface area contributed by atoms with Crippen LogP contribution in [0.4, 0.5) is 11.4 Å². The van der Waals surface area contributed by atoms with Crippen molar-refractivity contribution in [1.82, 2.24) is 10.6 Å². The number of nitro benzene ring substituents is 1. The molecule has 1 aromatic carbocycles. The zero-order chi connectivity index (χ0) is 18.7. The molecule has 0 aromatic heterocycles. The zero-order valence-electron chi connectivity index (χ0n) is 14.9. The van der Waals surface area contributed by atoms with Gasteiger partial charge in [0.1, 0.15) is 5.69 Å². The number of anilines is 1. The number of hydrogen-bond donors (Lipinski definition) is 2.